The first-order valence-electron chi connectivity index (χ1n) is 6.87. The Labute approximate surface area is 131 Å². The predicted molar refractivity (Wildman–Crippen MR) is 82.8 cm³/mol. The number of rotatable bonds is 7. The Morgan fingerprint density at radius 2 is 1.91 bits per heavy atom. The maximum atomic E-state index is 9.88. The van der Waals surface area contributed by atoms with E-state index in [0.717, 1.165) is 10.8 Å². The number of anilines is 1. The highest BCUT2D eigenvalue weighted by atomic mass is 16.4. The van der Waals surface area contributed by atoms with Gasteiger partial charge < -0.3 is 25.5 Å². The first kappa shape index (κ1) is 17.2. The van der Waals surface area contributed by atoms with Crippen molar-refractivity contribution in [3.8, 4) is 0 Å². The van der Waals surface area contributed by atoms with E-state index < -0.39 is 31.5 Å². The molecule has 9 nitrogen and oxygen atoms in total. The van der Waals surface area contributed by atoms with Crippen molar-refractivity contribution in [1.29, 1.82) is 0 Å². The van der Waals surface area contributed by atoms with Gasteiger partial charge in [0.15, 0.2) is 5.82 Å². The molecule has 3 atom stereocenters. The van der Waals surface area contributed by atoms with Gasteiger partial charge in [0.05, 0.1) is 25.1 Å². The fourth-order valence-corrected chi connectivity index (χ4v) is 1.95. The number of aliphatic hydroxyl groups is 5. The molecular formula is C14H18N4O5. The molecule has 0 saturated carbocycles. The first-order chi connectivity index (χ1) is 11.1. The van der Waals surface area contributed by atoms with Crippen LogP contribution in [-0.4, -0.2) is 73.0 Å². The minimum Gasteiger partial charge on any atom is -0.394 e. The summed E-state index contributed by atoms with van der Waals surface area (Å²) in [6.45, 7) is -1.40. The van der Waals surface area contributed by atoms with E-state index in [4.69, 9.17) is 5.11 Å². The van der Waals surface area contributed by atoms with Crippen LogP contribution < -0.4 is 5.43 Å². The first-order valence-corrected chi connectivity index (χ1v) is 6.87. The molecule has 0 fully saturated rings. The van der Waals surface area contributed by atoms with Crippen LogP contribution in [0.5, 0.6) is 0 Å². The van der Waals surface area contributed by atoms with Crippen molar-refractivity contribution in [3.05, 3.63) is 30.5 Å². The number of hydrogen-bond donors (Lipinski definition) is 6. The molecule has 0 aliphatic heterocycles. The average Bonchev–Trinajstić information content (AvgIpc) is 2.60. The van der Waals surface area contributed by atoms with Crippen molar-refractivity contribution in [2.24, 2.45) is 5.10 Å². The third-order valence-electron chi connectivity index (χ3n) is 3.28. The molecule has 2 rings (SSSR count). The quantitative estimate of drug-likeness (QED) is 0.265. The number of aromatic nitrogens is 2. The lowest BCUT2D eigenvalue weighted by atomic mass is 10.0. The Morgan fingerprint density at radius 3 is 2.61 bits per heavy atom. The lowest BCUT2D eigenvalue weighted by Gasteiger charge is -2.22. The fourth-order valence-electron chi connectivity index (χ4n) is 1.95. The molecule has 6 N–H and O–H groups in total. The lowest BCUT2D eigenvalue weighted by molar-refractivity contribution is -0.0564. The van der Waals surface area contributed by atoms with Crippen LogP contribution in [0.2, 0.25) is 0 Å². The molecule has 0 amide bonds. The summed E-state index contributed by atoms with van der Waals surface area (Å²) in [5.74, 6) is 0.304. The Balaban J connectivity index is 2.21. The van der Waals surface area contributed by atoms with Gasteiger partial charge >= 0.3 is 0 Å². The molecule has 0 bridgehead atoms. The van der Waals surface area contributed by atoms with Crippen molar-refractivity contribution in [3.63, 3.8) is 0 Å². The highest BCUT2D eigenvalue weighted by Gasteiger charge is 2.28. The highest BCUT2D eigenvalue weighted by molar-refractivity contribution is 5.93. The summed E-state index contributed by atoms with van der Waals surface area (Å²) < 4.78 is 0. The molecule has 1 aromatic heterocycles. The second-order valence-electron chi connectivity index (χ2n) is 4.84. The summed E-state index contributed by atoms with van der Waals surface area (Å²) >= 11 is 0. The molecule has 0 aliphatic rings. The molecule has 1 aromatic carbocycles. The van der Waals surface area contributed by atoms with E-state index in [1.165, 1.54) is 0 Å². The highest BCUT2D eigenvalue weighted by Crippen LogP contribution is 2.19. The normalized spacial score (nSPS) is 16.1. The van der Waals surface area contributed by atoms with E-state index in [9.17, 15) is 20.4 Å². The standard InChI is InChI=1S/C14H18N4O5/c19-6-10(12(22)13(23)11(21)7-20)16-18-14-9-4-2-1-3-8(9)5-15-17-14/h1-5,11-13,19-23H,6-7H2,(H,17,18)/b16-10+/t11-,12-,13-/m1/s1. The molecule has 0 unspecified atom stereocenters. The second-order valence-corrected chi connectivity index (χ2v) is 4.84. The van der Waals surface area contributed by atoms with Gasteiger partial charge in [-0.3, -0.25) is 5.43 Å². The Morgan fingerprint density at radius 1 is 1.17 bits per heavy atom. The van der Waals surface area contributed by atoms with Crippen molar-refractivity contribution < 1.29 is 25.5 Å². The van der Waals surface area contributed by atoms with Gasteiger partial charge in [-0.05, 0) is 0 Å². The molecule has 1 heterocycles. The van der Waals surface area contributed by atoms with Crippen LogP contribution in [0, 0.1) is 0 Å². The van der Waals surface area contributed by atoms with Crippen molar-refractivity contribution in [1.82, 2.24) is 10.2 Å². The maximum absolute atomic E-state index is 9.88. The van der Waals surface area contributed by atoms with Crippen molar-refractivity contribution in [2.75, 3.05) is 18.6 Å². The smallest absolute Gasteiger partial charge is 0.176 e. The van der Waals surface area contributed by atoms with E-state index in [1.807, 2.05) is 18.2 Å². The topological polar surface area (TPSA) is 151 Å². The second kappa shape index (κ2) is 7.90. The van der Waals surface area contributed by atoms with E-state index in [0.29, 0.717) is 5.82 Å². The number of fused-ring (bicyclic) bond motifs is 1. The zero-order chi connectivity index (χ0) is 16.8. The van der Waals surface area contributed by atoms with E-state index >= 15 is 0 Å². The summed E-state index contributed by atoms with van der Waals surface area (Å²) in [6.07, 6.45) is -3.32. The number of benzene rings is 1. The zero-order valence-corrected chi connectivity index (χ0v) is 12.1. The predicted octanol–water partition coefficient (Wildman–Crippen LogP) is -1.54. The van der Waals surface area contributed by atoms with Crippen LogP contribution in [0.25, 0.3) is 10.8 Å². The van der Waals surface area contributed by atoms with Crippen molar-refractivity contribution >= 4 is 22.3 Å². The molecular weight excluding hydrogens is 304 g/mol. The van der Waals surface area contributed by atoms with Crippen LogP contribution in [0.1, 0.15) is 0 Å². The van der Waals surface area contributed by atoms with Gasteiger partial charge in [0.2, 0.25) is 0 Å². The number of aliphatic hydroxyl groups excluding tert-OH is 5. The lowest BCUT2D eigenvalue weighted by Crippen LogP contribution is -2.45. The molecule has 23 heavy (non-hydrogen) atoms. The number of nitrogens with zero attached hydrogens (tertiary/aromatic N) is 3. The van der Waals surface area contributed by atoms with Crippen molar-refractivity contribution in [2.45, 2.75) is 18.3 Å². The summed E-state index contributed by atoms with van der Waals surface area (Å²) in [4.78, 5) is 0. The van der Waals surface area contributed by atoms with Gasteiger partial charge in [-0.2, -0.15) is 10.2 Å². The third-order valence-corrected chi connectivity index (χ3v) is 3.28. The Kier molecular flexibility index (Phi) is 5.90. The van der Waals surface area contributed by atoms with Crippen LogP contribution >= 0.6 is 0 Å². The molecule has 0 radical (unpaired) electrons. The van der Waals surface area contributed by atoms with Gasteiger partial charge in [0.25, 0.3) is 0 Å². The average molecular weight is 322 g/mol. The minimum absolute atomic E-state index is 0.222. The summed E-state index contributed by atoms with van der Waals surface area (Å²) in [6, 6.07) is 7.28. The van der Waals surface area contributed by atoms with E-state index in [-0.39, 0.29) is 5.71 Å². The third kappa shape index (κ3) is 3.97. The number of hydrogen-bond acceptors (Lipinski definition) is 9. The fraction of sp³-hybridized carbons (Fsp3) is 0.357. The molecule has 0 aliphatic carbocycles. The zero-order valence-electron chi connectivity index (χ0n) is 12.1. The van der Waals surface area contributed by atoms with Gasteiger partial charge in [-0.15, -0.1) is 5.10 Å². The van der Waals surface area contributed by atoms with Gasteiger partial charge in [-0.25, -0.2) is 0 Å². The Bertz CT molecular complexity index is 676. The van der Waals surface area contributed by atoms with Crippen LogP contribution in [0.15, 0.2) is 35.6 Å². The van der Waals surface area contributed by atoms with Gasteiger partial charge in [0, 0.05) is 10.8 Å². The van der Waals surface area contributed by atoms with Crippen LogP contribution in [0.4, 0.5) is 5.82 Å². The summed E-state index contributed by atoms with van der Waals surface area (Å²) in [5, 5.41) is 60.0. The molecule has 2 aromatic rings. The molecule has 0 saturated heterocycles. The number of hydrazone groups is 1. The van der Waals surface area contributed by atoms with E-state index in [2.05, 4.69) is 20.7 Å². The molecule has 124 valence electrons. The Hall–Kier alpha value is -2.17. The maximum Gasteiger partial charge on any atom is 0.176 e. The largest absolute Gasteiger partial charge is 0.394 e. The van der Waals surface area contributed by atoms with Crippen LogP contribution in [-0.2, 0) is 0 Å². The van der Waals surface area contributed by atoms with Gasteiger partial charge in [0.1, 0.15) is 18.3 Å². The minimum atomic E-state index is -1.69. The summed E-state index contributed by atoms with van der Waals surface area (Å²) in [7, 11) is 0. The van der Waals surface area contributed by atoms with Gasteiger partial charge in [-0.1, -0.05) is 24.3 Å². The molecule has 0 spiro atoms. The summed E-state index contributed by atoms with van der Waals surface area (Å²) in [5.41, 5.74) is 2.35. The van der Waals surface area contributed by atoms with E-state index in [1.54, 1.807) is 12.3 Å². The number of nitrogens with one attached hydrogen (secondary N) is 1. The monoisotopic (exact) mass is 322 g/mol. The van der Waals surface area contributed by atoms with Crippen LogP contribution in [0.3, 0.4) is 0 Å². The molecule has 9 heteroatoms. The SMILES string of the molecule is OC/C(=N\Nc1nncc2ccccc12)[C@@H](O)[C@H](O)[C@H](O)CO.